The molecule has 1 N–H and O–H groups in total. The summed E-state index contributed by atoms with van der Waals surface area (Å²) >= 11 is 12.3. The lowest BCUT2D eigenvalue weighted by Crippen LogP contribution is -2.43. The van der Waals surface area contributed by atoms with Gasteiger partial charge in [0.1, 0.15) is 0 Å². The van der Waals surface area contributed by atoms with Crippen LogP contribution in [0.2, 0.25) is 10.0 Å². The van der Waals surface area contributed by atoms with E-state index in [9.17, 15) is 4.79 Å². The standard InChI is InChI=1S/C23H29Cl2N3O/c1-16(2)23(29)27-22(21-8-3-5-11-26-21)14-18-7-4-6-12-28(18)15-17-9-10-19(24)20(25)13-17/h3,5,8-11,13,16,18,22H,4,6-7,12,14-15H2,1-2H3,(H,27,29)/t18-,22-/m0/s1. The Labute approximate surface area is 183 Å². The zero-order valence-corrected chi connectivity index (χ0v) is 18.6. The Bertz CT molecular complexity index is 813. The van der Waals surface area contributed by atoms with Crippen LogP contribution >= 0.6 is 23.2 Å². The lowest BCUT2D eigenvalue weighted by molar-refractivity contribution is -0.125. The maximum atomic E-state index is 12.4. The molecule has 1 fully saturated rings. The normalized spacial score (nSPS) is 18.6. The minimum absolute atomic E-state index is 0.0557. The van der Waals surface area contributed by atoms with E-state index in [1.165, 1.54) is 12.8 Å². The summed E-state index contributed by atoms with van der Waals surface area (Å²) < 4.78 is 0. The largest absolute Gasteiger partial charge is 0.347 e. The Morgan fingerprint density at radius 3 is 2.72 bits per heavy atom. The number of likely N-dealkylation sites (tertiary alicyclic amines) is 1. The van der Waals surface area contributed by atoms with E-state index in [1.54, 1.807) is 6.20 Å². The Kier molecular flexibility index (Phi) is 7.93. The lowest BCUT2D eigenvalue weighted by atomic mass is 9.93. The minimum Gasteiger partial charge on any atom is -0.347 e. The molecule has 0 bridgehead atoms. The molecule has 0 radical (unpaired) electrons. The van der Waals surface area contributed by atoms with Gasteiger partial charge in [0.25, 0.3) is 0 Å². The number of hydrogen-bond donors (Lipinski definition) is 1. The smallest absolute Gasteiger partial charge is 0.223 e. The monoisotopic (exact) mass is 433 g/mol. The third-order valence-corrected chi connectivity index (χ3v) is 6.25. The van der Waals surface area contributed by atoms with E-state index < -0.39 is 0 Å². The Hall–Kier alpha value is -1.62. The van der Waals surface area contributed by atoms with Crippen molar-refractivity contribution in [1.29, 1.82) is 0 Å². The molecule has 4 nitrogen and oxygen atoms in total. The van der Waals surface area contributed by atoms with Crippen LogP contribution in [0.3, 0.4) is 0 Å². The molecule has 2 heterocycles. The quantitative estimate of drug-likeness (QED) is 0.613. The lowest BCUT2D eigenvalue weighted by Gasteiger charge is -2.38. The van der Waals surface area contributed by atoms with Crippen LogP contribution in [0, 0.1) is 5.92 Å². The van der Waals surface area contributed by atoms with Crippen molar-refractivity contribution < 1.29 is 4.79 Å². The van der Waals surface area contributed by atoms with Crippen molar-refractivity contribution in [1.82, 2.24) is 15.2 Å². The maximum Gasteiger partial charge on any atom is 0.223 e. The van der Waals surface area contributed by atoms with Gasteiger partial charge < -0.3 is 5.32 Å². The molecule has 1 aromatic carbocycles. The first-order chi connectivity index (χ1) is 13.9. The SMILES string of the molecule is CC(C)C(=O)N[C@@H](C[C@@H]1CCCCN1Cc1ccc(Cl)c(Cl)c1)c1ccccn1. The third-order valence-electron chi connectivity index (χ3n) is 5.51. The molecule has 0 spiro atoms. The van der Waals surface area contributed by atoms with Crippen molar-refractivity contribution in [3.05, 3.63) is 63.9 Å². The summed E-state index contributed by atoms with van der Waals surface area (Å²) in [4.78, 5) is 19.5. The topological polar surface area (TPSA) is 45.2 Å². The van der Waals surface area contributed by atoms with Crippen molar-refractivity contribution in [2.45, 2.75) is 58.2 Å². The summed E-state index contributed by atoms with van der Waals surface area (Å²) in [5.74, 6) is 0.00683. The van der Waals surface area contributed by atoms with Crippen LogP contribution in [0.4, 0.5) is 0 Å². The van der Waals surface area contributed by atoms with E-state index in [4.69, 9.17) is 23.2 Å². The second kappa shape index (κ2) is 10.4. The number of aromatic nitrogens is 1. The summed E-state index contributed by atoms with van der Waals surface area (Å²) in [7, 11) is 0. The van der Waals surface area contributed by atoms with Crippen LogP contribution in [0.1, 0.15) is 56.8 Å². The number of carbonyl (C=O) groups is 1. The molecule has 0 saturated carbocycles. The summed E-state index contributed by atoms with van der Waals surface area (Å²) in [6.45, 7) is 5.70. The van der Waals surface area contributed by atoms with Gasteiger partial charge in [0.05, 0.1) is 21.8 Å². The first-order valence-corrected chi connectivity index (χ1v) is 11.1. The number of carbonyl (C=O) groups excluding carboxylic acids is 1. The van der Waals surface area contributed by atoms with Gasteiger partial charge in [-0.2, -0.15) is 0 Å². The number of amides is 1. The van der Waals surface area contributed by atoms with Crippen LogP contribution in [0.25, 0.3) is 0 Å². The van der Waals surface area contributed by atoms with Gasteiger partial charge in [-0.25, -0.2) is 0 Å². The average molecular weight is 434 g/mol. The number of pyridine rings is 1. The molecule has 2 atom stereocenters. The zero-order valence-electron chi connectivity index (χ0n) is 17.1. The number of nitrogens with zero attached hydrogens (tertiary/aromatic N) is 2. The first kappa shape index (κ1) is 22.1. The average Bonchev–Trinajstić information content (AvgIpc) is 2.72. The molecule has 0 aliphatic carbocycles. The zero-order chi connectivity index (χ0) is 20.8. The minimum atomic E-state index is -0.0921. The molecule has 2 aromatic rings. The fraction of sp³-hybridized carbons (Fsp3) is 0.478. The second-order valence-electron chi connectivity index (χ2n) is 8.07. The van der Waals surface area contributed by atoms with Crippen molar-refractivity contribution >= 4 is 29.1 Å². The summed E-state index contributed by atoms with van der Waals surface area (Å²) in [6, 6.07) is 12.0. The molecule has 29 heavy (non-hydrogen) atoms. The molecule has 3 rings (SSSR count). The van der Waals surface area contributed by atoms with Crippen LogP contribution in [-0.2, 0) is 11.3 Å². The van der Waals surface area contributed by atoms with Gasteiger partial charge in [-0.05, 0) is 55.6 Å². The van der Waals surface area contributed by atoms with Crippen LogP contribution < -0.4 is 5.32 Å². The fourth-order valence-electron chi connectivity index (χ4n) is 3.85. The van der Waals surface area contributed by atoms with Crippen LogP contribution in [0.5, 0.6) is 0 Å². The molecule has 6 heteroatoms. The molecule has 1 aliphatic heterocycles. The van der Waals surface area contributed by atoms with Crippen LogP contribution in [-0.4, -0.2) is 28.4 Å². The summed E-state index contributed by atoms with van der Waals surface area (Å²) in [6.07, 6.45) is 6.14. The van der Waals surface area contributed by atoms with E-state index in [-0.39, 0.29) is 17.9 Å². The van der Waals surface area contributed by atoms with E-state index in [2.05, 4.69) is 15.2 Å². The molecular formula is C23H29Cl2N3O. The van der Waals surface area contributed by atoms with Crippen molar-refractivity contribution in [3.8, 4) is 0 Å². The van der Waals surface area contributed by atoms with E-state index in [0.29, 0.717) is 16.1 Å². The highest BCUT2D eigenvalue weighted by molar-refractivity contribution is 6.42. The molecular weight excluding hydrogens is 405 g/mol. The number of piperidine rings is 1. The van der Waals surface area contributed by atoms with Gasteiger partial charge in [-0.15, -0.1) is 0 Å². The number of hydrogen-bond acceptors (Lipinski definition) is 3. The number of nitrogens with one attached hydrogen (secondary N) is 1. The fourth-order valence-corrected chi connectivity index (χ4v) is 4.17. The van der Waals surface area contributed by atoms with E-state index >= 15 is 0 Å². The highest BCUT2D eigenvalue weighted by Crippen LogP contribution is 2.29. The van der Waals surface area contributed by atoms with Gasteiger partial charge in [-0.3, -0.25) is 14.7 Å². The Morgan fingerprint density at radius 1 is 1.21 bits per heavy atom. The first-order valence-electron chi connectivity index (χ1n) is 10.3. The predicted octanol–water partition coefficient (Wildman–Crippen LogP) is 5.65. The van der Waals surface area contributed by atoms with E-state index in [0.717, 1.165) is 37.2 Å². The molecule has 1 amide bonds. The van der Waals surface area contributed by atoms with Gasteiger partial charge >= 0.3 is 0 Å². The van der Waals surface area contributed by atoms with E-state index in [1.807, 2.05) is 50.2 Å². The van der Waals surface area contributed by atoms with Gasteiger partial charge in [0.15, 0.2) is 0 Å². The summed E-state index contributed by atoms with van der Waals surface area (Å²) in [5.41, 5.74) is 2.08. The second-order valence-corrected chi connectivity index (χ2v) is 8.89. The highest BCUT2D eigenvalue weighted by Gasteiger charge is 2.28. The van der Waals surface area contributed by atoms with Crippen LogP contribution in [0.15, 0.2) is 42.6 Å². The highest BCUT2D eigenvalue weighted by atomic mass is 35.5. The molecule has 1 aliphatic rings. The predicted molar refractivity (Wildman–Crippen MR) is 119 cm³/mol. The third kappa shape index (κ3) is 6.18. The number of rotatable bonds is 7. The van der Waals surface area contributed by atoms with Crippen molar-refractivity contribution in [2.75, 3.05) is 6.54 Å². The molecule has 0 unspecified atom stereocenters. The summed E-state index contributed by atoms with van der Waals surface area (Å²) in [5, 5.41) is 4.39. The van der Waals surface area contributed by atoms with Crippen molar-refractivity contribution in [2.24, 2.45) is 5.92 Å². The van der Waals surface area contributed by atoms with Gasteiger partial charge in [0, 0.05) is 24.7 Å². The Morgan fingerprint density at radius 2 is 2.03 bits per heavy atom. The maximum absolute atomic E-state index is 12.4. The molecule has 1 aromatic heterocycles. The van der Waals surface area contributed by atoms with Crippen molar-refractivity contribution in [3.63, 3.8) is 0 Å². The van der Waals surface area contributed by atoms with Gasteiger partial charge in [-0.1, -0.05) is 55.6 Å². The Balaban J connectivity index is 1.76. The molecule has 156 valence electrons. The van der Waals surface area contributed by atoms with Gasteiger partial charge in [0.2, 0.25) is 5.91 Å². The molecule has 1 saturated heterocycles. The number of halogens is 2. The number of benzene rings is 1.